The van der Waals surface area contributed by atoms with Gasteiger partial charge in [0.15, 0.2) is 0 Å². The van der Waals surface area contributed by atoms with Crippen molar-refractivity contribution in [1.82, 2.24) is 4.37 Å². The van der Waals surface area contributed by atoms with Crippen LogP contribution in [-0.4, -0.2) is 12.8 Å². The van der Waals surface area contributed by atoms with Crippen LogP contribution < -0.4 is 5.14 Å². The third kappa shape index (κ3) is 2.92. The first-order valence-electron chi connectivity index (χ1n) is 6.29. The van der Waals surface area contributed by atoms with E-state index in [1.54, 1.807) is 30.5 Å². The summed E-state index contributed by atoms with van der Waals surface area (Å²) in [4.78, 5) is 0.941. The molecule has 0 fully saturated rings. The van der Waals surface area contributed by atoms with Crippen LogP contribution in [0.3, 0.4) is 0 Å². The lowest BCUT2D eigenvalue weighted by Crippen LogP contribution is -2.11. The Balaban J connectivity index is 2.03. The molecule has 2 N–H and O–H groups in total. The van der Waals surface area contributed by atoms with Crippen molar-refractivity contribution in [1.29, 1.82) is 0 Å². The van der Waals surface area contributed by atoms with Gasteiger partial charge in [0.2, 0.25) is 10.0 Å². The maximum Gasteiger partial charge on any atom is 0.238 e. The van der Waals surface area contributed by atoms with Gasteiger partial charge in [0.25, 0.3) is 0 Å². The molecule has 0 saturated heterocycles. The highest BCUT2D eigenvalue weighted by atomic mass is 32.2. The summed E-state index contributed by atoms with van der Waals surface area (Å²) in [5, 5.41) is 5.09. The van der Waals surface area contributed by atoms with Crippen LogP contribution in [-0.2, 0) is 10.0 Å². The van der Waals surface area contributed by atoms with Crippen LogP contribution in [0.15, 0.2) is 59.6 Å². The first-order valence-corrected chi connectivity index (χ1v) is 8.61. The second kappa shape index (κ2) is 5.60. The van der Waals surface area contributed by atoms with Gasteiger partial charge in [-0.05, 0) is 46.9 Å². The number of aromatic nitrogens is 1. The van der Waals surface area contributed by atoms with Gasteiger partial charge in [-0.3, -0.25) is 0 Å². The van der Waals surface area contributed by atoms with Gasteiger partial charge >= 0.3 is 0 Å². The molecule has 112 valence electrons. The number of sulfonamides is 1. The van der Waals surface area contributed by atoms with Crippen LogP contribution in [0.5, 0.6) is 0 Å². The topological polar surface area (TPSA) is 73.1 Å². The number of hydrogen-bond acceptors (Lipinski definition) is 4. The van der Waals surface area contributed by atoms with Crippen molar-refractivity contribution in [2.24, 2.45) is 5.14 Å². The highest BCUT2D eigenvalue weighted by Gasteiger charge is 2.12. The quantitative estimate of drug-likeness (QED) is 0.799. The summed E-state index contributed by atoms with van der Waals surface area (Å²) in [6.07, 6.45) is 1.71. The van der Waals surface area contributed by atoms with Crippen molar-refractivity contribution >= 4 is 21.6 Å². The Morgan fingerprint density at radius 3 is 2.14 bits per heavy atom. The molecule has 0 aliphatic carbocycles. The van der Waals surface area contributed by atoms with E-state index in [4.69, 9.17) is 5.14 Å². The normalized spacial score (nSPS) is 11.5. The molecule has 0 spiro atoms. The highest BCUT2D eigenvalue weighted by Crippen LogP contribution is 2.35. The predicted octanol–water partition coefficient (Wildman–Crippen LogP) is 3.26. The minimum Gasteiger partial charge on any atom is -0.225 e. The highest BCUT2D eigenvalue weighted by molar-refractivity contribution is 7.89. The van der Waals surface area contributed by atoms with E-state index in [2.05, 4.69) is 4.37 Å². The molecular formula is C15H11FN2O2S2. The molecule has 0 aliphatic heterocycles. The lowest BCUT2D eigenvalue weighted by atomic mass is 10.0. The Morgan fingerprint density at radius 2 is 1.55 bits per heavy atom. The van der Waals surface area contributed by atoms with Gasteiger partial charge < -0.3 is 0 Å². The zero-order valence-electron chi connectivity index (χ0n) is 11.2. The molecule has 3 rings (SSSR count). The molecule has 0 saturated carbocycles. The van der Waals surface area contributed by atoms with Crippen molar-refractivity contribution in [2.45, 2.75) is 4.90 Å². The summed E-state index contributed by atoms with van der Waals surface area (Å²) in [5.74, 6) is -0.300. The van der Waals surface area contributed by atoms with Gasteiger partial charge in [0, 0.05) is 11.8 Å². The predicted molar refractivity (Wildman–Crippen MR) is 84.3 cm³/mol. The van der Waals surface area contributed by atoms with E-state index in [1.165, 1.54) is 35.8 Å². The Hall–Kier alpha value is -2.09. The molecular weight excluding hydrogens is 323 g/mol. The van der Waals surface area contributed by atoms with E-state index in [0.29, 0.717) is 0 Å². The van der Waals surface area contributed by atoms with Crippen LogP contribution in [0.2, 0.25) is 0 Å². The fraction of sp³-hybridized carbons (Fsp3) is 0. The Labute approximate surface area is 131 Å². The van der Waals surface area contributed by atoms with E-state index in [1.807, 2.05) is 0 Å². The number of primary sulfonamides is 1. The van der Waals surface area contributed by atoms with Gasteiger partial charge in [0.05, 0.1) is 9.77 Å². The molecule has 1 heterocycles. The van der Waals surface area contributed by atoms with Crippen LogP contribution >= 0.6 is 11.5 Å². The van der Waals surface area contributed by atoms with E-state index >= 15 is 0 Å². The van der Waals surface area contributed by atoms with Gasteiger partial charge in [-0.1, -0.05) is 24.3 Å². The minimum absolute atomic E-state index is 0.0593. The molecule has 22 heavy (non-hydrogen) atoms. The number of nitrogens with two attached hydrogens (primary N) is 1. The minimum atomic E-state index is -3.71. The number of halogens is 1. The summed E-state index contributed by atoms with van der Waals surface area (Å²) >= 11 is 1.29. The van der Waals surface area contributed by atoms with E-state index < -0.39 is 10.0 Å². The molecule has 0 atom stereocenters. The van der Waals surface area contributed by atoms with Gasteiger partial charge in [-0.15, -0.1) is 0 Å². The van der Waals surface area contributed by atoms with Crippen molar-refractivity contribution in [3.05, 3.63) is 60.5 Å². The summed E-state index contributed by atoms with van der Waals surface area (Å²) in [5.41, 5.74) is 2.54. The van der Waals surface area contributed by atoms with Crippen LogP contribution in [0.4, 0.5) is 4.39 Å². The zero-order valence-corrected chi connectivity index (χ0v) is 12.9. The first-order chi connectivity index (χ1) is 10.4. The van der Waals surface area contributed by atoms with Crippen LogP contribution in [0, 0.1) is 5.82 Å². The summed E-state index contributed by atoms with van der Waals surface area (Å²) in [6, 6.07) is 12.4. The fourth-order valence-electron chi connectivity index (χ4n) is 2.08. The molecule has 0 unspecified atom stereocenters. The average Bonchev–Trinajstić information content (AvgIpc) is 2.97. The third-order valence-electron chi connectivity index (χ3n) is 3.17. The molecule has 0 radical (unpaired) electrons. The number of rotatable bonds is 3. The second-order valence-corrected chi connectivity index (χ2v) is 7.01. The summed E-state index contributed by atoms with van der Waals surface area (Å²) in [7, 11) is -3.71. The van der Waals surface area contributed by atoms with Crippen LogP contribution in [0.1, 0.15) is 0 Å². The lowest BCUT2D eigenvalue weighted by molar-refractivity contribution is 0.598. The Kier molecular flexibility index (Phi) is 3.78. The van der Waals surface area contributed by atoms with E-state index in [0.717, 1.165) is 21.6 Å². The molecule has 0 aliphatic rings. The molecule has 0 amide bonds. The van der Waals surface area contributed by atoms with Gasteiger partial charge in [-0.2, -0.15) is 4.37 Å². The largest absolute Gasteiger partial charge is 0.238 e. The van der Waals surface area contributed by atoms with Gasteiger partial charge in [-0.25, -0.2) is 17.9 Å². The second-order valence-electron chi connectivity index (χ2n) is 4.64. The molecule has 2 aromatic carbocycles. The number of hydrogen-bond donors (Lipinski definition) is 1. The SMILES string of the molecule is NS(=O)(=O)c1ccc(-c2sncc2-c2ccc(F)cc2)cc1. The molecule has 7 heteroatoms. The maximum absolute atomic E-state index is 13.0. The van der Waals surface area contributed by atoms with Crippen molar-refractivity contribution in [3.63, 3.8) is 0 Å². The van der Waals surface area contributed by atoms with Crippen LogP contribution in [0.25, 0.3) is 21.6 Å². The first kappa shape index (κ1) is 14.8. The Bertz CT molecular complexity index is 901. The fourth-order valence-corrected chi connectivity index (χ4v) is 3.37. The van der Waals surface area contributed by atoms with E-state index in [9.17, 15) is 12.8 Å². The van der Waals surface area contributed by atoms with Crippen molar-refractivity contribution in [3.8, 4) is 21.6 Å². The third-order valence-corrected chi connectivity index (χ3v) is 4.95. The summed E-state index contributed by atoms with van der Waals surface area (Å²) < 4.78 is 39.8. The number of nitrogens with zero attached hydrogens (tertiary/aromatic N) is 1. The number of benzene rings is 2. The summed E-state index contributed by atoms with van der Waals surface area (Å²) in [6.45, 7) is 0. The molecule has 0 bridgehead atoms. The molecule has 4 nitrogen and oxygen atoms in total. The monoisotopic (exact) mass is 334 g/mol. The Morgan fingerprint density at radius 1 is 0.955 bits per heavy atom. The molecule has 3 aromatic rings. The zero-order chi connectivity index (χ0) is 15.7. The van der Waals surface area contributed by atoms with Crippen molar-refractivity contribution in [2.75, 3.05) is 0 Å². The smallest absolute Gasteiger partial charge is 0.225 e. The maximum atomic E-state index is 13.0. The average molecular weight is 334 g/mol. The van der Waals surface area contributed by atoms with E-state index in [-0.39, 0.29) is 10.7 Å². The van der Waals surface area contributed by atoms with Crippen molar-refractivity contribution < 1.29 is 12.8 Å². The molecule has 1 aromatic heterocycles. The lowest BCUT2D eigenvalue weighted by Gasteiger charge is -2.04. The van der Waals surface area contributed by atoms with Gasteiger partial charge in [0.1, 0.15) is 5.82 Å². The standard InChI is InChI=1S/C15H11FN2O2S2/c16-12-5-1-10(2-6-12)14-9-18-21-15(14)11-3-7-13(8-4-11)22(17,19)20/h1-9H,(H2,17,19,20).